The van der Waals surface area contributed by atoms with Gasteiger partial charge in [-0.2, -0.15) is 0 Å². The largest absolute Gasteiger partial charge is 0.423 e. The Morgan fingerprint density at radius 1 is 1.00 bits per heavy atom. The number of carbonyl (C=O) groups is 3. The number of carbonyl (C=O) groups excluding carboxylic acids is 3. The number of hydrogen-bond acceptors (Lipinski definition) is 5. The first-order valence-corrected chi connectivity index (χ1v) is 9.20. The van der Waals surface area contributed by atoms with Gasteiger partial charge < -0.3 is 9.73 Å². The molecular formula is C20H12Cl2N2O5. The second kappa shape index (κ2) is 7.02. The predicted molar refractivity (Wildman–Crippen MR) is 107 cm³/mol. The fourth-order valence-electron chi connectivity index (χ4n) is 3.24. The molecule has 1 aliphatic rings. The maximum absolute atomic E-state index is 12.7. The average Bonchev–Trinajstić information content (AvgIpc) is 2.86. The van der Waals surface area contributed by atoms with Gasteiger partial charge in [0, 0.05) is 30.1 Å². The Balaban J connectivity index is 1.75. The van der Waals surface area contributed by atoms with Gasteiger partial charge in [-0.25, -0.2) is 4.79 Å². The summed E-state index contributed by atoms with van der Waals surface area (Å²) in [4.78, 5) is 49.7. The van der Waals surface area contributed by atoms with Crippen LogP contribution in [-0.2, 0) is 11.3 Å². The molecular weight excluding hydrogens is 419 g/mol. The molecule has 0 radical (unpaired) electrons. The van der Waals surface area contributed by atoms with Crippen LogP contribution in [0.5, 0.6) is 0 Å². The third kappa shape index (κ3) is 3.39. The maximum Gasteiger partial charge on any atom is 0.336 e. The number of hydrogen-bond donors (Lipinski definition) is 1. The van der Waals surface area contributed by atoms with Gasteiger partial charge in [0.05, 0.1) is 27.7 Å². The lowest BCUT2D eigenvalue weighted by atomic mass is 10.1. The molecule has 4 rings (SSSR count). The molecule has 0 aliphatic carbocycles. The van der Waals surface area contributed by atoms with Crippen LogP contribution in [0, 0.1) is 0 Å². The fourth-order valence-corrected chi connectivity index (χ4v) is 3.57. The van der Waals surface area contributed by atoms with E-state index in [1.54, 1.807) is 12.1 Å². The Morgan fingerprint density at radius 3 is 2.21 bits per heavy atom. The standard InChI is InChI=1S/C20H12Cl2N2O5/c1-9(25)23-11-2-3-12-10(4-18(26)29-17(12)5-11)8-24-19(27)13-6-15(21)16(22)7-14(13)20(24)28/h2-7H,8H2,1H3,(H,23,25). The van der Waals surface area contributed by atoms with Crippen LogP contribution in [0.3, 0.4) is 0 Å². The molecule has 0 fully saturated rings. The van der Waals surface area contributed by atoms with Crippen LogP contribution in [0.4, 0.5) is 5.69 Å². The lowest BCUT2D eigenvalue weighted by Crippen LogP contribution is -2.29. The quantitative estimate of drug-likeness (QED) is 0.502. The van der Waals surface area contributed by atoms with Crippen molar-refractivity contribution in [2.75, 3.05) is 5.32 Å². The molecule has 146 valence electrons. The summed E-state index contributed by atoms with van der Waals surface area (Å²) in [5, 5.41) is 3.48. The molecule has 0 spiro atoms. The molecule has 9 heteroatoms. The zero-order chi connectivity index (χ0) is 20.9. The normalized spacial score (nSPS) is 13.1. The minimum Gasteiger partial charge on any atom is -0.423 e. The molecule has 1 aliphatic heterocycles. The summed E-state index contributed by atoms with van der Waals surface area (Å²) in [5.74, 6) is -1.33. The Bertz CT molecular complexity index is 1240. The van der Waals surface area contributed by atoms with Gasteiger partial charge in [-0.15, -0.1) is 0 Å². The van der Waals surface area contributed by atoms with Crippen LogP contribution in [0.15, 0.2) is 45.6 Å². The summed E-state index contributed by atoms with van der Waals surface area (Å²) in [6.07, 6.45) is 0. The van der Waals surface area contributed by atoms with Crippen molar-refractivity contribution < 1.29 is 18.8 Å². The van der Waals surface area contributed by atoms with Crippen molar-refractivity contribution in [3.8, 4) is 0 Å². The van der Waals surface area contributed by atoms with Crippen molar-refractivity contribution in [2.45, 2.75) is 13.5 Å². The molecule has 29 heavy (non-hydrogen) atoms. The van der Waals surface area contributed by atoms with Crippen molar-refractivity contribution in [3.63, 3.8) is 0 Å². The second-order valence-electron chi connectivity index (χ2n) is 6.49. The smallest absolute Gasteiger partial charge is 0.336 e. The monoisotopic (exact) mass is 430 g/mol. The number of nitrogens with zero attached hydrogens (tertiary/aromatic N) is 1. The number of rotatable bonds is 3. The highest BCUT2D eigenvalue weighted by Crippen LogP contribution is 2.33. The number of halogens is 2. The number of anilines is 1. The van der Waals surface area contributed by atoms with Gasteiger partial charge in [0.15, 0.2) is 0 Å². The molecule has 2 aromatic carbocycles. The highest BCUT2D eigenvalue weighted by atomic mass is 35.5. The Kier molecular flexibility index (Phi) is 4.64. The molecule has 3 amide bonds. The summed E-state index contributed by atoms with van der Waals surface area (Å²) in [6.45, 7) is 1.22. The van der Waals surface area contributed by atoms with Crippen molar-refractivity contribution >= 4 is 57.6 Å². The van der Waals surface area contributed by atoms with Crippen LogP contribution >= 0.6 is 23.2 Å². The lowest BCUT2D eigenvalue weighted by Gasteiger charge is -2.15. The van der Waals surface area contributed by atoms with E-state index in [4.69, 9.17) is 27.6 Å². The highest BCUT2D eigenvalue weighted by Gasteiger charge is 2.36. The molecule has 3 aromatic rings. The van der Waals surface area contributed by atoms with E-state index in [1.807, 2.05) is 0 Å². The van der Waals surface area contributed by atoms with Gasteiger partial charge in [0.1, 0.15) is 5.58 Å². The van der Waals surface area contributed by atoms with E-state index in [0.29, 0.717) is 16.6 Å². The molecule has 0 atom stereocenters. The third-order valence-corrected chi connectivity index (χ3v) is 5.21. The van der Waals surface area contributed by atoms with Gasteiger partial charge in [-0.05, 0) is 29.8 Å². The molecule has 0 bridgehead atoms. The summed E-state index contributed by atoms with van der Waals surface area (Å²) in [5.41, 5.74) is 0.776. The van der Waals surface area contributed by atoms with E-state index in [0.717, 1.165) is 4.90 Å². The number of fused-ring (bicyclic) bond motifs is 2. The van der Waals surface area contributed by atoms with Crippen LogP contribution < -0.4 is 10.9 Å². The Hall–Kier alpha value is -3.16. The lowest BCUT2D eigenvalue weighted by molar-refractivity contribution is -0.114. The summed E-state index contributed by atoms with van der Waals surface area (Å²) < 4.78 is 5.21. The topological polar surface area (TPSA) is 96.7 Å². The van der Waals surface area contributed by atoms with Gasteiger partial charge in [-0.3, -0.25) is 19.3 Å². The number of nitrogens with one attached hydrogen (secondary N) is 1. The minimum atomic E-state index is -0.643. The van der Waals surface area contributed by atoms with Crippen molar-refractivity contribution in [1.82, 2.24) is 4.90 Å². The van der Waals surface area contributed by atoms with Crippen LogP contribution in [-0.4, -0.2) is 22.6 Å². The number of amides is 3. The molecule has 2 heterocycles. The maximum atomic E-state index is 12.7. The zero-order valence-corrected chi connectivity index (χ0v) is 16.4. The van der Waals surface area contributed by atoms with E-state index in [-0.39, 0.29) is 39.2 Å². The minimum absolute atomic E-state index is 0.136. The third-order valence-electron chi connectivity index (χ3n) is 4.49. The first-order valence-electron chi connectivity index (χ1n) is 8.44. The number of benzene rings is 2. The van der Waals surface area contributed by atoms with E-state index in [2.05, 4.69) is 5.32 Å². The van der Waals surface area contributed by atoms with Crippen molar-refractivity contribution in [2.24, 2.45) is 0 Å². The van der Waals surface area contributed by atoms with E-state index < -0.39 is 17.4 Å². The zero-order valence-electron chi connectivity index (χ0n) is 14.9. The van der Waals surface area contributed by atoms with E-state index in [9.17, 15) is 19.2 Å². The molecule has 7 nitrogen and oxygen atoms in total. The second-order valence-corrected chi connectivity index (χ2v) is 7.31. The Labute approximate surface area is 173 Å². The highest BCUT2D eigenvalue weighted by molar-refractivity contribution is 6.43. The summed E-state index contributed by atoms with van der Waals surface area (Å²) >= 11 is 11.9. The van der Waals surface area contributed by atoms with Crippen molar-refractivity contribution in [1.29, 1.82) is 0 Å². The first kappa shape index (κ1) is 19.2. The van der Waals surface area contributed by atoms with Crippen LogP contribution in [0.1, 0.15) is 33.2 Å². The van der Waals surface area contributed by atoms with Crippen LogP contribution in [0.2, 0.25) is 10.0 Å². The molecule has 1 aromatic heterocycles. The van der Waals surface area contributed by atoms with Gasteiger partial charge >= 0.3 is 5.63 Å². The van der Waals surface area contributed by atoms with E-state index >= 15 is 0 Å². The summed E-state index contributed by atoms with van der Waals surface area (Å²) in [7, 11) is 0. The van der Waals surface area contributed by atoms with Crippen molar-refractivity contribution in [3.05, 3.63) is 73.6 Å². The van der Waals surface area contributed by atoms with Gasteiger partial charge in [0.25, 0.3) is 11.8 Å². The van der Waals surface area contributed by atoms with E-state index in [1.165, 1.54) is 31.2 Å². The van der Waals surface area contributed by atoms with Crippen LogP contribution in [0.25, 0.3) is 11.0 Å². The fraction of sp³-hybridized carbons (Fsp3) is 0.100. The first-order chi connectivity index (χ1) is 13.7. The van der Waals surface area contributed by atoms with Gasteiger partial charge in [0.2, 0.25) is 5.91 Å². The SMILES string of the molecule is CC(=O)Nc1ccc2c(CN3C(=O)c4cc(Cl)c(Cl)cc4C3=O)cc(=O)oc2c1. The number of imide groups is 1. The molecule has 1 N–H and O–H groups in total. The molecule has 0 unspecified atom stereocenters. The average molecular weight is 431 g/mol. The predicted octanol–water partition coefficient (Wildman–Crippen LogP) is 3.85. The Morgan fingerprint density at radius 2 is 1.62 bits per heavy atom. The van der Waals surface area contributed by atoms with Gasteiger partial charge in [-0.1, -0.05) is 23.2 Å². The molecule has 0 saturated carbocycles. The summed E-state index contributed by atoms with van der Waals surface area (Å²) in [6, 6.07) is 8.72. The molecule has 0 saturated heterocycles.